The molecule has 1 heterocycles. The zero-order valence-electron chi connectivity index (χ0n) is 13.2. The Balaban J connectivity index is 2.04. The largest absolute Gasteiger partial charge is 0.456 e. The van der Waals surface area contributed by atoms with Gasteiger partial charge in [-0.05, 0) is 23.1 Å². The van der Waals surface area contributed by atoms with Gasteiger partial charge in [0.2, 0.25) is 5.54 Å². The standard InChI is InChI=1S/C18H15N3O3/c1-10(2)11-7-8-14-15(9-11)24-18(23)13-6-4-3-5-12(13)16(22)17(14,18)20-21-19/h3-10,23H,1-2H3. The third-order valence-electron chi connectivity index (χ3n) is 4.87. The van der Waals surface area contributed by atoms with Gasteiger partial charge in [-0.15, -0.1) is 0 Å². The molecule has 0 spiro atoms. The highest BCUT2D eigenvalue weighted by Gasteiger charge is 2.70. The smallest absolute Gasteiger partial charge is 0.258 e. The van der Waals surface area contributed by atoms with Crippen molar-refractivity contribution < 1.29 is 14.6 Å². The first kappa shape index (κ1) is 14.8. The highest BCUT2D eigenvalue weighted by Crippen LogP contribution is 2.60. The second kappa shape index (κ2) is 4.60. The number of hydrogen-bond donors (Lipinski definition) is 1. The SMILES string of the molecule is CC(C)c1ccc2c(c1)OC1(O)c3ccccc3C(=O)C21N=[N+]=[N-]. The summed E-state index contributed by atoms with van der Waals surface area (Å²) in [6.07, 6.45) is 0. The van der Waals surface area contributed by atoms with Crippen molar-refractivity contribution in [3.05, 3.63) is 75.2 Å². The van der Waals surface area contributed by atoms with E-state index >= 15 is 0 Å². The fourth-order valence-electron chi connectivity index (χ4n) is 3.63. The van der Waals surface area contributed by atoms with E-state index in [0.29, 0.717) is 22.4 Å². The van der Waals surface area contributed by atoms with Gasteiger partial charge in [0.05, 0.1) is 0 Å². The van der Waals surface area contributed by atoms with Crippen LogP contribution in [0.5, 0.6) is 5.75 Å². The lowest BCUT2D eigenvalue weighted by molar-refractivity contribution is -0.162. The molecule has 0 saturated heterocycles. The van der Waals surface area contributed by atoms with E-state index in [4.69, 9.17) is 10.3 Å². The number of azide groups is 1. The van der Waals surface area contributed by atoms with E-state index < -0.39 is 17.1 Å². The lowest BCUT2D eigenvalue weighted by Gasteiger charge is -2.29. The summed E-state index contributed by atoms with van der Waals surface area (Å²) in [5.41, 5.74) is 9.30. The van der Waals surface area contributed by atoms with E-state index in [1.807, 2.05) is 19.9 Å². The minimum Gasteiger partial charge on any atom is -0.456 e. The van der Waals surface area contributed by atoms with Crippen LogP contribution >= 0.6 is 0 Å². The molecule has 6 heteroatoms. The maximum Gasteiger partial charge on any atom is 0.258 e. The normalized spacial score (nSPS) is 26.4. The van der Waals surface area contributed by atoms with Crippen molar-refractivity contribution in [3.63, 3.8) is 0 Å². The average Bonchev–Trinajstić information content (AvgIpc) is 2.93. The molecule has 0 saturated carbocycles. The number of ketones is 1. The van der Waals surface area contributed by atoms with E-state index in [0.717, 1.165) is 5.56 Å². The average molecular weight is 321 g/mol. The zero-order chi connectivity index (χ0) is 17.1. The first-order valence-electron chi connectivity index (χ1n) is 7.72. The van der Waals surface area contributed by atoms with Crippen LogP contribution in [0.2, 0.25) is 0 Å². The van der Waals surface area contributed by atoms with E-state index in [1.165, 1.54) is 0 Å². The number of ether oxygens (including phenoxy) is 1. The topological polar surface area (TPSA) is 95.3 Å². The molecule has 0 amide bonds. The highest BCUT2D eigenvalue weighted by molar-refractivity contribution is 6.10. The quantitative estimate of drug-likeness (QED) is 0.518. The summed E-state index contributed by atoms with van der Waals surface area (Å²) in [4.78, 5) is 15.9. The molecule has 1 aliphatic heterocycles. The molecule has 0 bridgehead atoms. The summed E-state index contributed by atoms with van der Waals surface area (Å²) in [5, 5.41) is 15.0. The number of rotatable bonds is 2. The fourth-order valence-corrected chi connectivity index (χ4v) is 3.63. The Labute approximate surface area is 138 Å². The van der Waals surface area contributed by atoms with Crippen LogP contribution in [-0.4, -0.2) is 10.9 Å². The summed E-state index contributed by atoms with van der Waals surface area (Å²) in [5.74, 6) is -1.84. The van der Waals surface area contributed by atoms with Crippen LogP contribution in [0.1, 0.15) is 46.8 Å². The molecular formula is C18H15N3O3. The monoisotopic (exact) mass is 321 g/mol. The van der Waals surface area contributed by atoms with E-state index in [2.05, 4.69) is 10.0 Å². The molecule has 4 rings (SSSR count). The van der Waals surface area contributed by atoms with Gasteiger partial charge in [0.25, 0.3) is 5.79 Å². The molecule has 24 heavy (non-hydrogen) atoms. The third kappa shape index (κ3) is 1.49. The summed E-state index contributed by atoms with van der Waals surface area (Å²) in [6, 6.07) is 12.0. The van der Waals surface area contributed by atoms with E-state index in [-0.39, 0.29) is 5.92 Å². The predicted molar refractivity (Wildman–Crippen MR) is 86.7 cm³/mol. The zero-order valence-corrected chi connectivity index (χ0v) is 13.2. The Bertz CT molecular complexity index is 933. The van der Waals surface area contributed by atoms with Gasteiger partial charge in [0, 0.05) is 21.6 Å². The van der Waals surface area contributed by atoms with Gasteiger partial charge in [-0.1, -0.05) is 55.4 Å². The number of carbonyl (C=O) groups is 1. The van der Waals surface area contributed by atoms with Crippen molar-refractivity contribution in [2.75, 3.05) is 0 Å². The van der Waals surface area contributed by atoms with Gasteiger partial charge in [0.15, 0.2) is 5.78 Å². The maximum atomic E-state index is 13.1. The summed E-state index contributed by atoms with van der Waals surface area (Å²) in [6.45, 7) is 4.08. The molecule has 1 aliphatic carbocycles. The number of fused-ring (bicyclic) bond motifs is 5. The van der Waals surface area contributed by atoms with Gasteiger partial charge in [-0.25, -0.2) is 0 Å². The second-order valence-electron chi connectivity index (χ2n) is 6.43. The summed E-state index contributed by atoms with van der Waals surface area (Å²) in [7, 11) is 0. The van der Waals surface area contributed by atoms with Gasteiger partial charge < -0.3 is 9.84 Å². The summed E-state index contributed by atoms with van der Waals surface area (Å²) < 4.78 is 5.83. The van der Waals surface area contributed by atoms with Crippen molar-refractivity contribution >= 4 is 5.78 Å². The molecule has 2 aromatic carbocycles. The van der Waals surface area contributed by atoms with Gasteiger partial charge in [0.1, 0.15) is 5.75 Å². The van der Waals surface area contributed by atoms with Crippen molar-refractivity contribution in [3.8, 4) is 5.75 Å². The number of carbonyl (C=O) groups excluding carboxylic acids is 1. The van der Waals surface area contributed by atoms with Crippen LogP contribution in [0, 0.1) is 0 Å². The number of aliphatic hydroxyl groups is 1. The lowest BCUT2D eigenvalue weighted by Crippen LogP contribution is -2.47. The molecule has 0 aromatic heterocycles. The molecule has 6 nitrogen and oxygen atoms in total. The van der Waals surface area contributed by atoms with E-state index in [9.17, 15) is 9.90 Å². The number of hydrogen-bond acceptors (Lipinski definition) is 4. The Morgan fingerprint density at radius 3 is 2.67 bits per heavy atom. The van der Waals surface area contributed by atoms with Crippen molar-refractivity contribution in [2.24, 2.45) is 5.11 Å². The van der Waals surface area contributed by atoms with Crippen molar-refractivity contribution in [2.45, 2.75) is 31.1 Å². The van der Waals surface area contributed by atoms with Gasteiger partial charge >= 0.3 is 0 Å². The van der Waals surface area contributed by atoms with Crippen LogP contribution in [0.15, 0.2) is 47.6 Å². The molecule has 2 unspecified atom stereocenters. The molecule has 0 radical (unpaired) electrons. The Kier molecular flexibility index (Phi) is 2.83. The van der Waals surface area contributed by atoms with Gasteiger partial charge in [-0.2, -0.15) is 0 Å². The molecule has 0 fully saturated rings. The minimum atomic E-state index is -2.02. The predicted octanol–water partition coefficient (Wildman–Crippen LogP) is 3.75. The third-order valence-corrected chi connectivity index (χ3v) is 4.87. The summed E-state index contributed by atoms with van der Waals surface area (Å²) >= 11 is 0. The van der Waals surface area contributed by atoms with Crippen LogP contribution in [0.3, 0.4) is 0 Å². The van der Waals surface area contributed by atoms with Crippen LogP contribution in [0.4, 0.5) is 0 Å². The Hall–Kier alpha value is -2.82. The first-order valence-corrected chi connectivity index (χ1v) is 7.72. The van der Waals surface area contributed by atoms with Crippen molar-refractivity contribution in [1.82, 2.24) is 0 Å². The fraction of sp³-hybridized carbons (Fsp3) is 0.278. The van der Waals surface area contributed by atoms with E-state index in [1.54, 1.807) is 36.4 Å². The Morgan fingerprint density at radius 1 is 1.21 bits per heavy atom. The van der Waals surface area contributed by atoms with Crippen LogP contribution in [0.25, 0.3) is 10.4 Å². The van der Waals surface area contributed by atoms with Crippen molar-refractivity contribution in [1.29, 1.82) is 0 Å². The lowest BCUT2D eigenvalue weighted by atomic mass is 9.83. The van der Waals surface area contributed by atoms with Crippen LogP contribution < -0.4 is 4.74 Å². The minimum absolute atomic E-state index is 0.257. The first-order chi connectivity index (χ1) is 11.5. The Morgan fingerprint density at radius 2 is 1.96 bits per heavy atom. The number of benzene rings is 2. The molecule has 2 aliphatic rings. The molecular weight excluding hydrogens is 306 g/mol. The number of Topliss-reactive ketones (excluding diaryl/α,β-unsaturated/α-hetero) is 1. The highest BCUT2D eigenvalue weighted by atomic mass is 16.6. The van der Waals surface area contributed by atoms with Gasteiger partial charge in [-0.3, -0.25) is 4.79 Å². The van der Waals surface area contributed by atoms with Crippen LogP contribution in [-0.2, 0) is 11.3 Å². The number of nitrogens with zero attached hydrogens (tertiary/aromatic N) is 3. The molecule has 120 valence electrons. The second-order valence-corrected chi connectivity index (χ2v) is 6.43. The molecule has 1 N–H and O–H groups in total. The molecule has 2 aromatic rings. The molecule has 2 atom stereocenters. The maximum absolute atomic E-state index is 13.1.